The molecule has 5 atom stereocenters. The normalized spacial score (nSPS) is 61.0. The van der Waals surface area contributed by atoms with Crippen LogP contribution < -0.4 is 0 Å². The fraction of sp³-hybridized carbons (Fsp3) is 0.889. The van der Waals surface area contributed by atoms with Crippen LogP contribution in [0, 0.1) is 17.8 Å². The molecule has 0 N–H and O–H groups in total. The molecular formula is C9H11IO2. The predicted molar refractivity (Wildman–Crippen MR) is 52.0 cm³/mol. The van der Waals surface area contributed by atoms with Crippen LogP contribution in [0.2, 0.25) is 0 Å². The molecule has 1 saturated heterocycles. The fourth-order valence-electron chi connectivity index (χ4n) is 3.20. The molecule has 0 aromatic heterocycles. The third-order valence-corrected chi connectivity index (χ3v) is 5.63. The van der Waals surface area contributed by atoms with Gasteiger partial charge in [-0.05, 0) is 24.7 Å². The maximum absolute atomic E-state index is 11.5. The summed E-state index contributed by atoms with van der Waals surface area (Å²) >= 11 is 2.32. The molecule has 0 aromatic carbocycles. The van der Waals surface area contributed by atoms with E-state index in [0.29, 0.717) is 11.8 Å². The Bertz CT molecular complexity index is 265. The van der Waals surface area contributed by atoms with Gasteiger partial charge >= 0.3 is 5.97 Å². The largest absolute Gasteiger partial charge is 0.461 e. The first-order valence-corrected chi connectivity index (χ1v) is 5.61. The quantitative estimate of drug-likeness (QED) is 0.383. The molecule has 2 bridgehead atoms. The van der Waals surface area contributed by atoms with Crippen molar-refractivity contribution in [1.82, 2.24) is 0 Å². The molecule has 3 heteroatoms. The number of carbonyl (C=O) groups excluding carboxylic acids is 1. The second-order valence-corrected chi connectivity index (χ2v) is 6.32. The van der Waals surface area contributed by atoms with Crippen LogP contribution in [0.5, 0.6) is 0 Å². The highest BCUT2D eigenvalue weighted by Gasteiger charge is 2.68. The lowest BCUT2D eigenvalue weighted by Gasteiger charge is -2.25. The molecule has 0 amide bonds. The number of hydrogen-bond acceptors (Lipinski definition) is 2. The van der Waals surface area contributed by atoms with Crippen molar-refractivity contribution in [3.8, 4) is 0 Å². The lowest BCUT2D eigenvalue weighted by atomic mass is 9.83. The number of carbonyl (C=O) groups is 1. The van der Waals surface area contributed by atoms with E-state index in [-0.39, 0.29) is 15.5 Å². The molecule has 1 aliphatic heterocycles. The Morgan fingerprint density at radius 3 is 3.00 bits per heavy atom. The van der Waals surface area contributed by atoms with Gasteiger partial charge in [-0.25, -0.2) is 0 Å². The van der Waals surface area contributed by atoms with Gasteiger partial charge in [-0.3, -0.25) is 4.79 Å². The van der Waals surface area contributed by atoms with Gasteiger partial charge < -0.3 is 4.74 Å². The average molecular weight is 278 g/mol. The smallest absolute Gasteiger partial charge is 0.322 e. The van der Waals surface area contributed by atoms with Gasteiger partial charge in [-0.15, -0.1) is 0 Å². The summed E-state index contributed by atoms with van der Waals surface area (Å²) in [7, 11) is 0. The van der Waals surface area contributed by atoms with E-state index in [0.717, 1.165) is 12.3 Å². The molecule has 0 radical (unpaired) electrons. The summed E-state index contributed by atoms with van der Waals surface area (Å²) in [5, 5.41) is 0. The maximum atomic E-state index is 11.5. The van der Waals surface area contributed by atoms with E-state index >= 15 is 0 Å². The molecule has 3 rings (SSSR count). The Hall–Kier alpha value is 0.200. The first-order valence-electron chi connectivity index (χ1n) is 4.53. The second-order valence-electron chi connectivity index (χ2n) is 4.40. The van der Waals surface area contributed by atoms with Gasteiger partial charge in [-0.2, -0.15) is 0 Å². The Morgan fingerprint density at radius 1 is 1.67 bits per heavy atom. The number of hydrogen-bond donors (Lipinski definition) is 0. The summed E-state index contributed by atoms with van der Waals surface area (Å²) in [4.78, 5) is 11.5. The summed E-state index contributed by atoms with van der Waals surface area (Å²) in [5.74, 6) is 1.96. The van der Waals surface area contributed by atoms with Crippen molar-refractivity contribution in [2.45, 2.75) is 29.3 Å². The number of halogens is 1. The Labute approximate surface area is 85.2 Å². The molecule has 2 saturated carbocycles. The predicted octanol–water partition coefficient (Wildman–Crippen LogP) is 1.76. The summed E-state index contributed by atoms with van der Waals surface area (Å²) < 4.78 is 5.28. The minimum Gasteiger partial charge on any atom is -0.461 e. The summed E-state index contributed by atoms with van der Waals surface area (Å²) in [5.41, 5.74) is 0. The van der Waals surface area contributed by atoms with E-state index in [4.69, 9.17) is 4.74 Å². The maximum Gasteiger partial charge on any atom is 0.322 e. The number of esters is 1. The highest BCUT2D eigenvalue weighted by Crippen LogP contribution is 2.62. The first-order chi connectivity index (χ1) is 5.63. The van der Waals surface area contributed by atoms with Gasteiger partial charge in [0.15, 0.2) is 0 Å². The average Bonchev–Trinajstić information content (AvgIpc) is 2.53. The first kappa shape index (κ1) is 7.59. The fourth-order valence-corrected chi connectivity index (χ4v) is 4.51. The van der Waals surface area contributed by atoms with E-state index in [9.17, 15) is 4.79 Å². The van der Waals surface area contributed by atoms with E-state index < -0.39 is 0 Å². The molecule has 66 valence electrons. The molecular weight excluding hydrogens is 267 g/mol. The molecule has 3 fully saturated rings. The zero-order chi connectivity index (χ0) is 8.51. The minimum atomic E-state index is -0.125. The lowest BCUT2D eigenvalue weighted by molar-refractivity contribution is -0.143. The van der Waals surface area contributed by atoms with Crippen LogP contribution in [-0.2, 0) is 9.53 Å². The van der Waals surface area contributed by atoms with Gasteiger partial charge in [0.1, 0.15) is 9.53 Å². The van der Waals surface area contributed by atoms with Crippen LogP contribution in [-0.4, -0.2) is 15.5 Å². The molecule has 0 aromatic rings. The SMILES string of the molecule is CC1C2CC3C1OC(=O)C3(I)C2. The van der Waals surface area contributed by atoms with E-state index in [2.05, 4.69) is 29.5 Å². The molecule has 1 heterocycles. The van der Waals surface area contributed by atoms with Gasteiger partial charge in [0.05, 0.1) is 0 Å². The van der Waals surface area contributed by atoms with Crippen LogP contribution in [0.4, 0.5) is 0 Å². The molecule has 2 nitrogen and oxygen atoms in total. The summed E-state index contributed by atoms with van der Waals surface area (Å²) in [6, 6.07) is 0. The standard InChI is InChI=1S/C9H11IO2/c1-4-5-2-6-7(4)12-8(11)9(6,10)3-5/h4-7H,2-3H2,1H3. The molecule has 5 unspecified atom stereocenters. The van der Waals surface area contributed by atoms with E-state index in [1.165, 1.54) is 6.42 Å². The van der Waals surface area contributed by atoms with Gasteiger partial charge in [0.25, 0.3) is 0 Å². The second kappa shape index (κ2) is 1.99. The van der Waals surface area contributed by atoms with Crippen molar-refractivity contribution in [1.29, 1.82) is 0 Å². The molecule has 0 spiro atoms. The number of fused-ring (bicyclic) bond motifs is 1. The third kappa shape index (κ3) is 0.624. The number of ether oxygens (including phenoxy) is 1. The van der Waals surface area contributed by atoms with Crippen molar-refractivity contribution in [2.24, 2.45) is 17.8 Å². The third-order valence-electron chi connectivity index (χ3n) is 3.94. The van der Waals surface area contributed by atoms with Crippen molar-refractivity contribution in [3.05, 3.63) is 0 Å². The highest BCUT2D eigenvalue weighted by atomic mass is 127. The zero-order valence-electron chi connectivity index (χ0n) is 6.92. The number of alkyl halides is 1. The van der Waals surface area contributed by atoms with Crippen LogP contribution in [0.3, 0.4) is 0 Å². The monoisotopic (exact) mass is 278 g/mol. The zero-order valence-corrected chi connectivity index (χ0v) is 9.08. The minimum absolute atomic E-state index is 0.0601. The van der Waals surface area contributed by atoms with Gasteiger partial charge in [0.2, 0.25) is 0 Å². The van der Waals surface area contributed by atoms with Crippen molar-refractivity contribution in [3.63, 3.8) is 0 Å². The molecule has 12 heavy (non-hydrogen) atoms. The van der Waals surface area contributed by atoms with Crippen LogP contribution in [0.15, 0.2) is 0 Å². The number of rotatable bonds is 0. The Morgan fingerprint density at radius 2 is 2.42 bits per heavy atom. The van der Waals surface area contributed by atoms with Crippen LogP contribution in [0.25, 0.3) is 0 Å². The molecule has 2 aliphatic carbocycles. The van der Waals surface area contributed by atoms with Crippen molar-refractivity contribution >= 4 is 28.6 Å². The lowest BCUT2D eigenvalue weighted by Crippen LogP contribution is -2.34. The van der Waals surface area contributed by atoms with Crippen LogP contribution >= 0.6 is 22.6 Å². The van der Waals surface area contributed by atoms with Crippen molar-refractivity contribution < 1.29 is 9.53 Å². The highest BCUT2D eigenvalue weighted by molar-refractivity contribution is 14.1. The van der Waals surface area contributed by atoms with E-state index in [1.807, 2.05) is 0 Å². The van der Waals surface area contributed by atoms with Crippen molar-refractivity contribution in [2.75, 3.05) is 0 Å². The Kier molecular flexibility index (Phi) is 1.26. The van der Waals surface area contributed by atoms with Gasteiger partial charge in [0, 0.05) is 5.92 Å². The topological polar surface area (TPSA) is 26.3 Å². The molecule has 3 aliphatic rings. The summed E-state index contributed by atoms with van der Waals surface area (Å²) in [6.45, 7) is 2.23. The summed E-state index contributed by atoms with van der Waals surface area (Å²) in [6.07, 6.45) is 2.54. The van der Waals surface area contributed by atoms with Crippen LogP contribution in [0.1, 0.15) is 19.8 Å². The Balaban J connectivity index is 2.09. The van der Waals surface area contributed by atoms with E-state index in [1.54, 1.807) is 0 Å². The van der Waals surface area contributed by atoms with Gasteiger partial charge in [-0.1, -0.05) is 29.5 Å².